The third-order valence-electron chi connectivity index (χ3n) is 2.11. The summed E-state index contributed by atoms with van der Waals surface area (Å²) in [5.74, 6) is 2.37. The van der Waals surface area contributed by atoms with E-state index < -0.39 is 0 Å². The lowest BCUT2D eigenvalue weighted by atomic mass is 9.93. The zero-order chi connectivity index (χ0) is 9.68. The quantitative estimate of drug-likeness (QED) is 0.651. The molecular formula is C13H19. The number of rotatable bonds is 4. The Labute approximate surface area is 82.0 Å². The zero-order valence-electron chi connectivity index (χ0n) is 8.88. The number of benzene rings is 1. The molecule has 0 fully saturated rings. The third-order valence-corrected chi connectivity index (χ3v) is 2.11. The highest BCUT2D eigenvalue weighted by atomic mass is 14.1. The highest BCUT2D eigenvalue weighted by Crippen LogP contribution is 2.17. The van der Waals surface area contributed by atoms with Crippen LogP contribution in [0, 0.1) is 11.8 Å². The first-order valence-corrected chi connectivity index (χ1v) is 5.03. The Kier molecular flexibility index (Phi) is 4.01. The fourth-order valence-corrected chi connectivity index (χ4v) is 1.71. The van der Waals surface area contributed by atoms with Gasteiger partial charge in [0, 0.05) is 0 Å². The minimum absolute atomic E-state index is 0.781. The molecule has 0 saturated carbocycles. The van der Waals surface area contributed by atoms with Gasteiger partial charge in [-0.1, -0.05) is 51.1 Å². The molecule has 0 heterocycles. The Morgan fingerprint density at radius 3 is 2.31 bits per heavy atom. The summed E-state index contributed by atoms with van der Waals surface area (Å²) in [6, 6.07) is 10.7. The molecule has 0 amide bonds. The SMILES string of the molecule is C[C](Cc1ccccc1)CC(C)C. The van der Waals surface area contributed by atoms with Crippen LogP contribution >= 0.6 is 0 Å². The van der Waals surface area contributed by atoms with Crippen molar-refractivity contribution in [1.29, 1.82) is 0 Å². The van der Waals surface area contributed by atoms with Gasteiger partial charge >= 0.3 is 0 Å². The van der Waals surface area contributed by atoms with Gasteiger partial charge in [-0.25, -0.2) is 0 Å². The molecule has 0 aliphatic rings. The van der Waals surface area contributed by atoms with Gasteiger partial charge in [0.25, 0.3) is 0 Å². The first-order valence-electron chi connectivity index (χ1n) is 5.03. The summed E-state index contributed by atoms with van der Waals surface area (Å²) in [5, 5.41) is 0. The van der Waals surface area contributed by atoms with Gasteiger partial charge in [-0.05, 0) is 30.2 Å². The molecule has 13 heavy (non-hydrogen) atoms. The minimum atomic E-state index is 0.781. The summed E-state index contributed by atoms with van der Waals surface area (Å²) in [5.41, 5.74) is 1.43. The van der Waals surface area contributed by atoms with Crippen LogP contribution < -0.4 is 0 Å². The van der Waals surface area contributed by atoms with Gasteiger partial charge in [0.1, 0.15) is 0 Å². The normalized spacial score (nSPS) is 11.2. The van der Waals surface area contributed by atoms with Crippen LogP contribution in [0.5, 0.6) is 0 Å². The molecule has 0 aromatic heterocycles. The number of hydrogen-bond donors (Lipinski definition) is 0. The molecule has 0 aliphatic heterocycles. The van der Waals surface area contributed by atoms with Gasteiger partial charge in [-0.15, -0.1) is 0 Å². The van der Waals surface area contributed by atoms with Crippen molar-refractivity contribution < 1.29 is 0 Å². The largest absolute Gasteiger partial charge is 0.0628 e. The van der Waals surface area contributed by atoms with E-state index in [-0.39, 0.29) is 0 Å². The summed E-state index contributed by atoms with van der Waals surface area (Å²) >= 11 is 0. The molecule has 1 aromatic carbocycles. The van der Waals surface area contributed by atoms with Crippen LogP contribution in [0.4, 0.5) is 0 Å². The topological polar surface area (TPSA) is 0 Å². The Morgan fingerprint density at radius 2 is 1.77 bits per heavy atom. The van der Waals surface area contributed by atoms with E-state index in [1.165, 1.54) is 12.0 Å². The first kappa shape index (κ1) is 10.3. The predicted molar refractivity (Wildman–Crippen MR) is 58.5 cm³/mol. The zero-order valence-corrected chi connectivity index (χ0v) is 8.88. The molecule has 1 aromatic rings. The lowest BCUT2D eigenvalue weighted by Crippen LogP contribution is -2.01. The van der Waals surface area contributed by atoms with Gasteiger partial charge < -0.3 is 0 Å². The molecule has 0 atom stereocenters. The van der Waals surface area contributed by atoms with Crippen LogP contribution in [-0.4, -0.2) is 0 Å². The Balaban J connectivity index is 2.41. The Hall–Kier alpha value is -0.780. The molecule has 0 unspecified atom stereocenters. The predicted octanol–water partition coefficient (Wildman–Crippen LogP) is 3.87. The van der Waals surface area contributed by atoms with Crippen LogP contribution in [0.15, 0.2) is 30.3 Å². The van der Waals surface area contributed by atoms with Crippen molar-refractivity contribution in [1.82, 2.24) is 0 Å². The van der Waals surface area contributed by atoms with E-state index in [0.29, 0.717) is 0 Å². The molecule has 0 aliphatic carbocycles. The maximum atomic E-state index is 2.27. The van der Waals surface area contributed by atoms with Crippen molar-refractivity contribution in [2.45, 2.75) is 33.6 Å². The van der Waals surface area contributed by atoms with Gasteiger partial charge in [-0.2, -0.15) is 0 Å². The highest BCUT2D eigenvalue weighted by molar-refractivity contribution is 5.18. The van der Waals surface area contributed by atoms with Crippen LogP contribution in [0.25, 0.3) is 0 Å². The van der Waals surface area contributed by atoms with Crippen LogP contribution in [0.3, 0.4) is 0 Å². The van der Waals surface area contributed by atoms with E-state index in [2.05, 4.69) is 51.1 Å². The molecular weight excluding hydrogens is 156 g/mol. The molecule has 1 radical (unpaired) electrons. The first-order chi connectivity index (χ1) is 6.18. The summed E-state index contributed by atoms with van der Waals surface area (Å²) in [6.07, 6.45) is 2.38. The van der Waals surface area contributed by atoms with E-state index in [4.69, 9.17) is 0 Å². The second kappa shape index (κ2) is 5.06. The lowest BCUT2D eigenvalue weighted by molar-refractivity contribution is 0.584. The molecule has 0 spiro atoms. The van der Waals surface area contributed by atoms with Gasteiger partial charge in [0.15, 0.2) is 0 Å². The molecule has 1 rings (SSSR count). The third kappa shape index (κ3) is 4.12. The summed E-state index contributed by atoms with van der Waals surface area (Å²) in [6.45, 7) is 6.80. The van der Waals surface area contributed by atoms with E-state index in [0.717, 1.165) is 12.3 Å². The molecule has 0 bridgehead atoms. The standard InChI is InChI=1S/C13H19/c1-11(2)9-12(3)10-13-7-5-4-6-8-13/h4-8,11H,9-10H2,1-3H3. The van der Waals surface area contributed by atoms with Gasteiger partial charge in [0.2, 0.25) is 0 Å². The van der Waals surface area contributed by atoms with E-state index >= 15 is 0 Å². The van der Waals surface area contributed by atoms with Gasteiger partial charge in [-0.3, -0.25) is 0 Å². The molecule has 0 nitrogen and oxygen atoms in total. The monoisotopic (exact) mass is 175 g/mol. The maximum Gasteiger partial charge on any atom is -0.0219 e. The highest BCUT2D eigenvalue weighted by Gasteiger charge is 2.05. The second-order valence-electron chi connectivity index (χ2n) is 4.22. The molecule has 71 valence electrons. The average Bonchev–Trinajstić information content (AvgIpc) is 2.04. The van der Waals surface area contributed by atoms with E-state index in [9.17, 15) is 0 Å². The lowest BCUT2D eigenvalue weighted by Gasteiger charge is -2.12. The molecule has 0 heteroatoms. The summed E-state index contributed by atoms with van der Waals surface area (Å²) < 4.78 is 0. The smallest absolute Gasteiger partial charge is 0.0219 e. The van der Waals surface area contributed by atoms with Crippen molar-refractivity contribution in [3.63, 3.8) is 0 Å². The van der Waals surface area contributed by atoms with Crippen LogP contribution in [-0.2, 0) is 6.42 Å². The van der Waals surface area contributed by atoms with Crippen molar-refractivity contribution in [2.24, 2.45) is 5.92 Å². The van der Waals surface area contributed by atoms with Crippen molar-refractivity contribution in [3.05, 3.63) is 41.8 Å². The second-order valence-corrected chi connectivity index (χ2v) is 4.22. The van der Waals surface area contributed by atoms with Crippen molar-refractivity contribution >= 4 is 0 Å². The Morgan fingerprint density at radius 1 is 1.15 bits per heavy atom. The molecule has 0 N–H and O–H groups in total. The van der Waals surface area contributed by atoms with Gasteiger partial charge in [0.05, 0.1) is 0 Å². The minimum Gasteiger partial charge on any atom is -0.0628 e. The fraction of sp³-hybridized carbons (Fsp3) is 0.462. The van der Waals surface area contributed by atoms with Crippen molar-refractivity contribution in [3.8, 4) is 0 Å². The van der Waals surface area contributed by atoms with Crippen molar-refractivity contribution in [2.75, 3.05) is 0 Å². The van der Waals surface area contributed by atoms with E-state index in [1.807, 2.05) is 0 Å². The van der Waals surface area contributed by atoms with E-state index in [1.54, 1.807) is 5.92 Å². The average molecular weight is 175 g/mol. The Bertz CT molecular complexity index is 223. The number of hydrogen-bond acceptors (Lipinski definition) is 0. The fourth-order valence-electron chi connectivity index (χ4n) is 1.71. The summed E-state index contributed by atoms with van der Waals surface area (Å²) in [4.78, 5) is 0. The maximum absolute atomic E-state index is 2.27. The summed E-state index contributed by atoms with van der Waals surface area (Å²) in [7, 11) is 0. The van der Waals surface area contributed by atoms with Crippen LogP contribution in [0.2, 0.25) is 0 Å². The molecule has 0 saturated heterocycles. The van der Waals surface area contributed by atoms with Crippen LogP contribution in [0.1, 0.15) is 32.8 Å².